The van der Waals surface area contributed by atoms with E-state index in [4.69, 9.17) is 4.74 Å². The van der Waals surface area contributed by atoms with E-state index in [9.17, 15) is 0 Å². The molecule has 2 nitrogen and oxygen atoms in total. The molecule has 0 saturated heterocycles. The number of nitrogens with one attached hydrogen (secondary N) is 1. The van der Waals surface area contributed by atoms with Crippen molar-refractivity contribution in [3.63, 3.8) is 0 Å². The molecule has 0 aliphatic heterocycles. The van der Waals surface area contributed by atoms with Gasteiger partial charge < -0.3 is 10.1 Å². The van der Waals surface area contributed by atoms with Gasteiger partial charge in [0.2, 0.25) is 0 Å². The Morgan fingerprint density at radius 2 is 2.00 bits per heavy atom. The Morgan fingerprint density at radius 3 is 2.76 bits per heavy atom. The minimum atomic E-state index is 0.494. The Bertz CT molecular complexity index is 402. The largest absolute Gasteiger partial charge is 0.372 e. The van der Waals surface area contributed by atoms with Crippen LogP contribution in [-0.2, 0) is 17.9 Å². The fourth-order valence-electron chi connectivity index (χ4n) is 3.13. The van der Waals surface area contributed by atoms with Gasteiger partial charge >= 0.3 is 0 Å². The Labute approximate surface area is 134 Å². The normalized spacial score (nSPS) is 22.9. The second-order valence-electron chi connectivity index (χ2n) is 6.70. The molecule has 1 aliphatic carbocycles. The average Bonchev–Trinajstić information content (AvgIpc) is 2.93. The summed E-state index contributed by atoms with van der Waals surface area (Å²) in [5.41, 5.74) is 0. The van der Waals surface area contributed by atoms with Crippen LogP contribution in [-0.4, -0.2) is 12.6 Å². The van der Waals surface area contributed by atoms with Crippen molar-refractivity contribution >= 4 is 11.3 Å². The second kappa shape index (κ2) is 8.92. The summed E-state index contributed by atoms with van der Waals surface area (Å²) in [4.78, 5) is 2.79. The van der Waals surface area contributed by atoms with Crippen LogP contribution in [0.1, 0.15) is 62.6 Å². The van der Waals surface area contributed by atoms with Gasteiger partial charge in [0.25, 0.3) is 0 Å². The maximum Gasteiger partial charge on any atom is 0.0813 e. The minimum absolute atomic E-state index is 0.494. The molecule has 120 valence electrons. The summed E-state index contributed by atoms with van der Waals surface area (Å²) in [6.07, 6.45) is 7.11. The zero-order chi connectivity index (χ0) is 15.1. The summed E-state index contributed by atoms with van der Waals surface area (Å²) in [5, 5.41) is 3.51. The lowest BCUT2D eigenvalue weighted by Crippen LogP contribution is -2.26. The van der Waals surface area contributed by atoms with E-state index in [2.05, 4.69) is 38.2 Å². The molecule has 0 spiro atoms. The monoisotopic (exact) mass is 309 g/mol. The maximum atomic E-state index is 6.22. The summed E-state index contributed by atoms with van der Waals surface area (Å²) in [5.74, 6) is 1.50. The van der Waals surface area contributed by atoms with E-state index in [-0.39, 0.29) is 0 Å². The number of hydrogen-bond acceptors (Lipinski definition) is 3. The van der Waals surface area contributed by atoms with E-state index < -0.39 is 0 Å². The zero-order valence-corrected chi connectivity index (χ0v) is 14.7. The van der Waals surface area contributed by atoms with Gasteiger partial charge in [-0.25, -0.2) is 0 Å². The summed E-state index contributed by atoms with van der Waals surface area (Å²) >= 11 is 1.89. The van der Waals surface area contributed by atoms with Crippen molar-refractivity contribution in [1.82, 2.24) is 5.32 Å². The van der Waals surface area contributed by atoms with Gasteiger partial charge in [-0.05, 0) is 43.4 Å². The molecule has 2 atom stereocenters. The molecule has 1 saturated carbocycles. The Morgan fingerprint density at radius 1 is 1.24 bits per heavy atom. The van der Waals surface area contributed by atoms with E-state index in [1.165, 1.54) is 41.9 Å². The molecule has 2 unspecified atom stereocenters. The average molecular weight is 310 g/mol. The van der Waals surface area contributed by atoms with Crippen LogP contribution >= 0.6 is 11.3 Å². The van der Waals surface area contributed by atoms with Gasteiger partial charge in [0.1, 0.15) is 0 Å². The van der Waals surface area contributed by atoms with Crippen LogP contribution in [0.5, 0.6) is 0 Å². The highest BCUT2D eigenvalue weighted by Gasteiger charge is 2.24. The van der Waals surface area contributed by atoms with Crippen LogP contribution in [0.2, 0.25) is 0 Å². The standard InChI is InChI=1S/C18H31NOS/c1-4-15-7-5-6-8-18(15)20-13-17-10-9-16(21-17)12-19-11-14(2)3/h9-10,14-15,18-19H,4-8,11-13H2,1-3H3. The van der Waals surface area contributed by atoms with Gasteiger partial charge in [-0.15, -0.1) is 11.3 Å². The highest BCUT2D eigenvalue weighted by atomic mass is 32.1. The van der Waals surface area contributed by atoms with Crippen molar-refractivity contribution in [2.45, 2.75) is 72.1 Å². The van der Waals surface area contributed by atoms with E-state index in [1.807, 2.05) is 11.3 Å². The van der Waals surface area contributed by atoms with E-state index >= 15 is 0 Å². The molecule has 2 rings (SSSR count). The van der Waals surface area contributed by atoms with Gasteiger partial charge in [0.05, 0.1) is 12.7 Å². The van der Waals surface area contributed by atoms with E-state index in [0.29, 0.717) is 12.0 Å². The topological polar surface area (TPSA) is 21.3 Å². The first-order valence-electron chi connectivity index (χ1n) is 8.59. The summed E-state index contributed by atoms with van der Waals surface area (Å²) in [6, 6.07) is 4.48. The van der Waals surface area contributed by atoms with Crippen LogP contribution in [0.25, 0.3) is 0 Å². The van der Waals surface area contributed by atoms with Gasteiger partial charge in [0.15, 0.2) is 0 Å². The Balaban J connectivity index is 1.74. The van der Waals surface area contributed by atoms with Crippen molar-refractivity contribution in [2.24, 2.45) is 11.8 Å². The molecule has 1 aromatic rings. The third-order valence-electron chi connectivity index (χ3n) is 4.37. The summed E-state index contributed by atoms with van der Waals surface area (Å²) in [7, 11) is 0. The molecule has 21 heavy (non-hydrogen) atoms. The molecular formula is C18H31NOS. The molecule has 1 aromatic heterocycles. The van der Waals surface area contributed by atoms with Gasteiger partial charge in [-0.1, -0.05) is 40.0 Å². The van der Waals surface area contributed by atoms with Crippen molar-refractivity contribution in [3.05, 3.63) is 21.9 Å². The number of thiophene rings is 1. The fraction of sp³-hybridized carbons (Fsp3) is 0.778. The quantitative estimate of drug-likeness (QED) is 0.731. The molecule has 0 bridgehead atoms. The molecule has 0 amide bonds. The zero-order valence-electron chi connectivity index (χ0n) is 13.9. The fourth-order valence-corrected chi connectivity index (χ4v) is 4.04. The van der Waals surface area contributed by atoms with Crippen molar-refractivity contribution in [2.75, 3.05) is 6.54 Å². The molecule has 0 radical (unpaired) electrons. The smallest absolute Gasteiger partial charge is 0.0813 e. The predicted octanol–water partition coefficient (Wildman–Crippen LogP) is 4.98. The maximum absolute atomic E-state index is 6.22. The second-order valence-corrected chi connectivity index (χ2v) is 7.95. The minimum Gasteiger partial charge on any atom is -0.372 e. The summed E-state index contributed by atoms with van der Waals surface area (Å²) in [6.45, 7) is 9.67. The van der Waals surface area contributed by atoms with Gasteiger partial charge in [0, 0.05) is 16.3 Å². The van der Waals surface area contributed by atoms with Crippen molar-refractivity contribution in [1.29, 1.82) is 0 Å². The van der Waals surface area contributed by atoms with Gasteiger partial charge in [-0.2, -0.15) is 0 Å². The number of ether oxygens (including phenoxy) is 1. The SMILES string of the molecule is CCC1CCCCC1OCc1ccc(CNCC(C)C)s1. The Kier molecular flexibility index (Phi) is 7.21. The van der Waals surface area contributed by atoms with Crippen LogP contribution < -0.4 is 5.32 Å². The van der Waals surface area contributed by atoms with Crippen LogP contribution in [0.4, 0.5) is 0 Å². The van der Waals surface area contributed by atoms with Gasteiger partial charge in [-0.3, -0.25) is 0 Å². The van der Waals surface area contributed by atoms with Crippen LogP contribution in [0, 0.1) is 11.8 Å². The van der Waals surface area contributed by atoms with E-state index in [1.54, 1.807) is 0 Å². The molecule has 0 aromatic carbocycles. The third-order valence-corrected chi connectivity index (χ3v) is 5.43. The third kappa shape index (κ3) is 5.72. The lowest BCUT2D eigenvalue weighted by Gasteiger charge is -2.30. The lowest BCUT2D eigenvalue weighted by molar-refractivity contribution is -0.0211. The number of hydrogen-bond donors (Lipinski definition) is 1. The first kappa shape index (κ1) is 17.0. The lowest BCUT2D eigenvalue weighted by atomic mass is 9.85. The predicted molar refractivity (Wildman–Crippen MR) is 91.7 cm³/mol. The molecule has 1 fully saturated rings. The molecule has 1 heterocycles. The summed E-state index contributed by atoms with van der Waals surface area (Å²) < 4.78 is 6.22. The number of rotatable bonds is 8. The van der Waals surface area contributed by atoms with E-state index in [0.717, 1.165) is 25.6 Å². The van der Waals surface area contributed by atoms with Crippen LogP contribution in [0.15, 0.2) is 12.1 Å². The molecule has 3 heteroatoms. The first-order valence-corrected chi connectivity index (χ1v) is 9.40. The molecular weight excluding hydrogens is 278 g/mol. The van der Waals surface area contributed by atoms with Crippen molar-refractivity contribution < 1.29 is 4.74 Å². The highest BCUT2D eigenvalue weighted by Crippen LogP contribution is 2.30. The first-order chi connectivity index (χ1) is 10.2. The van der Waals surface area contributed by atoms with Crippen LogP contribution in [0.3, 0.4) is 0 Å². The Hall–Kier alpha value is -0.380. The van der Waals surface area contributed by atoms with Crippen molar-refractivity contribution in [3.8, 4) is 0 Å². The molecule has 1 aliphatic rings. The molecule has 1 N–H and O–H groups in total. The highest BCUT2D eigenvalue weighted by molar-refractivity contribution is 7.11.